The number of rotatable bonds is 1. The summed E-state index contributed by atoms with van der Waals surface area (Å²) in [4.78, 5) is 18.9. The average molecular weight is 276 g/mol. The smallest absolute Gasteiger partial charge is 0.238 e. The van der Waals surface area contributed by atoms with Crippen LogP contribution in [0.5, 0.6) is 5.88 Å². The molecule has 2 atom stereocenters. The molecule has 108 valence electrons. The number of fused-ring (bicyclic) bond motifs is 1. The largest absolute Gasteiger partial charge is 0.474 e. The summed E-state index contributed by atoms with van der Waals surface area (Å²) in [6, 6.07) is 1.97. The highest BCUT2D eigenvalue weighted by molar-refractivity contribution is 5.96. The lowest BCUT2D eigenvalue weighted by Gasteiger charge is -2.34. The fraction of sp³-hybridized carbons (Fsp3) is 0.600. The molecule has 1 fully saturated rings. The number of hydrogen-bond donors (Lipinski definition) is 0. The fourth-order valence-corrected chi connectivity index (χ4v) is 2.87. The number of aryl methyl sites for hydroxylation is 1. The van der Waals surface area contributed by atoms with Crippen LogP contribution in [-0.2, 0) is 9.53 Å². The van der Waals surface area contributed by atoms with Crippen LogP contribution in [0.1, 0.15) is 25.3 Å². The Balaban J connectivity index is 1.84. The van der Waals surface area contributed by atoms with Crippen molar-refractivity contribution in [2.24, 2.45) is 5.92 Å². The van der Waals surface area contributed by atoms with Gasteiger partial charge in [-0.3, -0.25) is 4.79 Å². The molecule has 3 rings (SSSR count). The monoisotopic (exact) mass is 276 g/mol. The lowest BCUT2D eigenvalue weighted by Crippen LogP contribution is -2.44. The van der Waals surface area contributed by atoms with E-state index in [4.69, 9.17) is 9.47 Å². The van der Waals surface area contributed by atoms with Crippen LogP contribution in [0.25, 0.3) is 0 Å². The van der Waals surface area contributed by atoms with E-state index < -0.39 is 0 Å². The molecule has 0 N–H and O–H groups in total. The second kappa shape index (κ2) is 5.40. The number of amides is 1. The number of aromatic nitrogens is 1. The molecule has 0 saturated carbocycles. The van der Waals surface area contributed by atoms with Gasteiger partial charge in [-0.1, -0.05) is 0 Å². The average Bonchev–Trinajstić information content (AvgIpc) is 2.46. The molecule has 1 amide bonds. The van der Waals surface area contributed by atoms with Crippen LogP contribution < -0.4 is 9.64 Å². The van der Waals surface area contributed by atoms with Gasteiger partial charge >= 0.3 is 0 Å². The second-order valence-electron chi connectivity index (χ2n) is 5.58. The van der Waals surface area contributed by atoms with Gasteiger partial charge in [-0.2, -0.15) is 0 Å². The van der Waals surface area contributed by atoms with E-state index in [0.29, 0.717) is 25.6 Å². The number of nitrogens with zero attached hydrogens (tertiary/aromatic N) is 2. The number of ether oxygens (including phenoxy) is 2. The van der Waals surface area contributed by atoms with Gasteiger partial charge < -0.3 is 14.4 Å². The predicted octanol–water partition coefficient (Wildman–Crippen LogP) is 1.93. The molecule has 0 spiro atoms. The predicted molar refractivity (Wildman–Crippen MR) is 75.0 cm³/mol. The maximum absolute atomic E-state index is 12.8. The van der Waals surface area contributed by atoms with Gasteiger partial charge in [0.25, 0.3) is 0 Å². The summed E-state index contributed by atoms with van der Waals surface area (Å²) in [7, 11) is 0. The summed E-state index contributed by atoms with van der Waals surface area (Å²) in [6.45, 7) is 5.77. The van der Waals surface area contributed by atoms with E-state index in [0.717, 1.165) is 24.1 Å². The number of anilines is 1. The molecule has 1 saturated heterocycles. The molecule has 1 aromatic heterocycles. The van der Waals surface area contributed by atoms with E-state index >= 15 is 0 Å². The third-order valence-electron chi connectivity index (χ3n) is 3.91. The first-order chi connectivity index (χ1) is 9.65. The number of carbonyl (C=O) groups excluding carboxylic acids is 1. The molecule has 0 aliphatic carbocycles. The van der Waals surface area contributed by atoms with Crippen LogP contribution in [0, 0.1) is 12.8 Å². The molecule has 1 aromatic rings. The Morgan fingerprint density at radius 3 is 3.10 bits per heavy atom. The Hall–Kier alpha value is -1.62. The lowest BCUT2D eigenvalue weighted by molar-refractivity contribution is -0.127. The van der Waals surface area contributed by atoms with Crippen LogP contribution in [0.15, 0.2) is 12.3 Å². The maximum Gasteiger partial charge on any atom is 0.238 e. The zero-order valence-corrected chi connectivity index (χ0v) is 12.0. The third-order valence-corrected chi connectivity index (χ3v) is 3.91. The van der Waals surface area contributed by atoms with E-state index in [9.17, 15) is 4.79 Å². The minimum Gasteiger partial charge on any atom is -0.474 e. The molecule has 3 heterocycles. The Morgan fingerprint density at radius 1 is 1.45 bits per heavy atom. The molecule has 2 aliphatic rings. The lowest BCUT2D eigenvalue weighted by atomic mass is 9.94. The van der Waals surface area contributed by atoms with E-state index in [1.54, 1.807) is 6.20 Å². The molecule has 2 aliphatic heterocycles. The van der Waals surface area contributed by atoms with Crippen molar-refractivity contribution in [2.75, 3.05) is 24.7 Å². The molecule has 5 heteroatoms. The summed E-state index contributed by atoms with van der Waals surface area (Å²) in [5.74, 6) is 0.789. The number of carbonyl (C=O) groups is 1. The normalized spacial score (nSPS) is 25.8. The highest BCUT2D eigenvalue weighted by Gasteiger charge is 2.33. The molecule has 5 nitrogen and oxygen atoms in total. The van der Waals surface area contributed by atoms with Crippen molar-refractivity contribution >= 4 is 11.6 Å². The number of pyridine rings is 1. The van der Waals surface area contributed by atoms with Crippen LogP contribution in [0.4, 0.5) is 5.69 Å². The summed E-state index contributed by atoms with van der Waals surface area (Å²) >= 11 is 0. The van der Waals surface area contributed by atoms with Gasteiger partial charge in [-0.15, -0.1) is 0 Å². The van der Waals surface area contributed by atoms with Gasteiger partial charge in [0.1, 0.15) is 12.3 Å². The Labute approximate surface area is 118 Å². The standard InChI is InChI=1S/C15H20N2O3/c1-10-7-13-14(16-9-10)20-6-4-17(13)15(18)12-3-5-19-11(2)8-12/h7,9,11-12H,3-6,8H2,1-2H3. The van der Waals surface area contributed by atoms with Gasteiger partial charge in [-0.25, -0.2) is 4.98 Å². The molecule has 0 radical (unpaired) electrons. The highest BCUT2D eigenvalue weighted by Crippen LogP contribution is 2.33. The second-order valence-corrected chi connectivity index (χ2v) is 5.58. The molecule has 0 aromatic carbocycles. The minimum atomic E-state index is 0.0465. The Morgan fingerprint density at radius 2 is 2.30 bits per heavy atom. The molecular weight excluding hydrogens is 256 g/mol. The zero-order valence-electron chi connectivity index (χ0n) is 12.0. The first kappa shape index (κ1) is 13.4. The van der Waals surface area contributed by atoms with E-state index in [-0.39, 0.29) is 17.9 Å². The summed E-state index contributed by atoms with van der Waals surface area (Å²) in [5, 5.41) is 0. The van der Waals surface area contributed by atoms with E-state index in [1.165, 1.54) is 0 Å². The van der Waals surface area contributed by atoms with Crippen molar-refractivity contribution in [1.29, 1.82) is 0 Å². The Kier molecular flexibility index (Phi) is 3.61. The van der Waals surface area contributed by atoms with Gasteiger partial charge in [0.2, 0.25) is 11.8 Å². The quantitative estimate of drug-likeness (QED) is 0.786. The van der Waals surface area contributed by atoms with E-state index in [1.807, 2.05) is 24.8 Å². The van der Waals surface area contributed by atoms with Crippen LogP contribution in [0.2, 0.25) is 0 Å². The van der Waals surface area contributed by atoms with Gasteiger partial charge in [-0.05, 0) is 38.3 Å². The first-order valence-electron chi connectivity index (χ1n) is 7.17. The summed E-state index contributed by atoms with van der Waals surface area (Å²) in [5.41, 5.74) is 1.84. The Bertz CT molecular complexity index is 518. The molecule has 20 heavy (non-hydrogen) atoms. The number of hydrogen-bond acceptors (Lipinski definition) is 4. The van der Waals surface area contributed by atoms with Gasteiger partial charge in [0.15, 0.2) is 0 Å². The third kappa shape index (κ3) is 2.50. The van der Waals surface area contributed by atoms with Crippen molar-refractivity contribution in [3.05, 3.63) is 17.8 Å². The molecule has 2 unspecified atom stereocenters. The van der Waals surface area contributed by atoms with E-state index in [2.05, 4.69) is 4.98 Å². The summed E-state index contributed by atoms with van der Waals surface area (Å²) in [6.07, 6.45) is 3.53. The van der Waals surface area contributed by atoms with Crippen molar-refractivity contribution in [2.45, 2.75) is 32.8 Å². The molecule has 0 bridgehead atoms. The topological polar surface area (TPSA) is 51.7 Å². The van der Waals surface area contributed by atoms with Crippen molar-refractivity contribution in [3.63, 3.8) is 0 Å². The van der Waals surface area contributed by atoms with Crippen molar-refractivity contribution in [3.8, 4) is 5.88 Å². The van der Waals surface area contributed by atoms with Crippen LogP contribution >= 0.6 is 0 Å². The highest BCUT2D eigenvalue weighted by atomic mass is 16.5. The summed E-state index contributed by atoms with van der Waals surface area (Å²) < 4.78 is 11.1. The SMILES string of the molecule is Cc1cnc2c(c1)N(C(=O)C1CCOC(C)C1)CCO2. The molecular formula is C15H20N2O3. The van der Waals surface area contributed by atoms with Gasteiger partial charge in [0, 0.05) is 18.7 Å². The van der Waals surface area contributed by atoms with Crippen LogP contribution in [-0.4, -0.2) is 36.8 Å². The van der Waals surface area contributed by atoms with Crippen LogP contribution in [0.3, 0.4) is 0 Å². The van der Waals surface area contributed by atoms with Crippen molar-refractivity contribution < 1.29 is 14.3 Å². The van der Waals surface area contributed by atoms with Gasteiger partial charge in [0.05, 0.1) is 12.6 Å². The minimum absolute atomic E-state index is 0.0465. The first-order valence-corrected chi connectivity index (χ1v) is 7.17. The van der Waals surface area contributed by atoms with Crippen molar-refractivity contribution in [1.82, 2.24) is 4.98 Å². The zero-order chi connectivity index (χ0) is 14.1. The maximum atomic E-state index is 12.8. The fourth-order valence-electron chi connectivity index (χ4n) is 2.87.